The van der Waals surface area contributed by atoms with Crippen LogP contribution in [0, 0.1) is 0 Å². The number of fused-ring (bicyclic) bond motifs is 1. The lowest BCUT2D eigenvalue weighted by molar-refractivity contribution is -0.684. The van der Waals surface area contributed by atoms with Gasteiger partial charge in [0.2, 0.25) is 16.9 Å². The summed E-state index contributed by atoms with van der Waals surface area (Å²) in [5.74, 6) is -2.19. The lowest BCUT2D eigenvalue weighted by atomic mass is 9.92. The minimum Gasteiger partial charge on any atom is -0.726 e. The van der Waals surface area contributed by atoms with Crippen LogP contribution in [0.15, 0.2) is 51.4 Å². The first kappa shape index (κ1) is 34.8. The van der Waals surface area contributed by atoms with Crippen molar-refractivity contribution in [1.29, 1.82) is 0 Å². The zero-order valence-corrected chi connectivity index (χ0v) is 26.7. The average Bonchev–Trinajstić information content (AvgIpc) is 3.66. The van der Waals surface area contributed by atoms with Gasteiger partial charge in [-0.25, -0.2) is 18.2 Å². The number of pyridine rings is 1. The number of rotatable bonds is 11. The first-order valence-electron chi connectivity index (χ1n) is 13.7. The van der Waals surface area contributed by atoms with Crippen molar-refractivity contribution in [2.45, 2.75) is 62.2 Å². The predicted molar refractivity (Wildman–Crippen MR) is 160 cm³/mol. The van der Waals surface area contributed by atoms with Gasteiger partial charge in [0.25, 0.3) is 11.8 Å². The monoisotopic (exact) mass is 698 g/mol. The van der Waals surface area contributed by atoms with E-state index in [0.29, 0.717) is 0 Å². The van der Waals surface area contributed by atoms with Crippen molar-refractivity contribution < 1.29 is 55.9 Å². The number of nitrogens with one attached hydrogen (secondary N) is 1. The number of nitrogen functional groups attached to an aromatic ring is 1. The largest absolute Gasteiger partial charge is 0.726 e. The highest BCUT2D eigenvalue weighted by Gasteiger charge is 2.55. The van der Waals surface area contributed by atoms with Gasteiger partial charge < -0.3 is 30.3 Å². The molecule has 0 radical (unpaired) electrons. The number of nitrogens with zero attached hydrogens (tertiary/aromatic N) is 4. The van der Waals surface area contributed by atoms with E-state index < -0.39 is 40.3 Å². The first-order chi connectivity index (χ1) is 21.7. The van der Waals surface area contributed by atoms with Crippen LogP contribution >= 0.6 is 23.1 Å². The van der Waals surface area contributed by atoms with Crippen LogP contribution in [0.2, 0.25) is 0 Å². The van der Waals surface area contributed by atoms with Gasteiger partial charge in [0.1, 0.15) is 36.2 Å². The third-order valence-electron chi connectivity index (χ3n) is 6.85. The van der Waals surface area contributed by atoms with Crippen molar-refractivity contribution in [3.05, 3.63) is 47.1 Å². The Kier molecular flexibility index (Phi) is 11.3. The second kappa shape index (κ2) is 15.0. The van der Waals surface area contributed by atoms with Crippen LogP contribution in [0.5, 0.6) is 0 Å². The Balaban J connectivity index is 0.000000892. The molecule has 4 heterocycles. The molecule has 1 saturated heterocycles. The maximum absolute atomic E-state index is 13.2. The van der Waals surface area contributed by atoms with E-state index in [9.17, 15) is 24.3 Å². The van der Waals surface area contributed by atoms with Crippen LogP contribution in [0.3, 0.4) is 0 Å². The maximum Gasteiger partial charge on any atom is 0.356 e. The Labute approximate surface area is 271 Å². The number of hydrogen-bond donors (Lipinski definition) is 4. The van der Waals surface area contributed by atoms with Crippen molar-refractivity contribution in [2.24, 2.45) is 5.16 Å². The number of carbonyl (C=O) groups is 4. The minimum absolute atomic E-state index is 0.00542. The SMILES string of the molecule is CC(=O)C[n+]1ccc(SCC2=C(C(=O)O)N3C(=O)[C@@H](NC(=O)/C(=N\OC4CCCC4)c4csc(N)n4)[C@H]3CO2)cc1.O=S(=O)([O-])O. The molecule has 2 amide bonds. The topological polar surface area (TPSA) is 255 Å². The van der Waals surface area contributed by atoms with Gasteiger partial charge in [0.15, 0.2) is 34.7 Å². The summed E-state index contributed by atoms with van der Waals surface area (Å²) in [6, 6.07) is 1.91. The molecule has 248 valence electrons. The molecule has 2 fully saturated rings. The molecule has 0 aromatic carbocycles. The molecule has 5 rings (SSSR count). The number of amides is 2. The maximum atomic E-state index is 13.2. The molecular weight excluding hydrogens is 669 g/mol. The van der Waals surface area contributed by atoms with Crippen LogP contribution in [-0.2, 0) is 45.7 Å². The number of hydrogen-bond acceptors (Lipinski definition) is 14. The van der Waals surface area contributed by atoms with Crippen molar-refractivity contribution in [2.75, 3.05) is 18.1 Å². The van der Waals surface area contributed by atoms with Crippen LogP contribution in [-0.4, -0.2) is 92.3 Å². The Morgan fingerprint density at radius 3 is 2.52 bits per heavy atom. The number of aliphatic carboxylic acids is 1. The summed E-state index contributed by atoms with van der Waals surface area (Å²) in [4.78, 5) is 61.6. The Bertz CT molecular complexity index is 1650. The summed E-state index contributed by atoms with van der Waals surface area (Å²) < 4.78 is 40.4. The molecule has 0 bridgehead atoms. The number of nitrogens with two attached hydrogens (primary N) is 1. The Morgan fingerprint density at radius 2 is 1.96 bits per heavy atom. The zero-order chi connectivity index (χ0) is 33.6. The number of ether oxygens (including phenoxy) is 1. The Hall–Kier alpha value is -4.11. The van der Waals surface area contributed by atoms with Crippen LogP contribution in [0.4, 0.5) is 5.13 Å². The molecular formula is C26H30N6O11S3. The Morgan fingerprint density at radius 1 is 1.30 bits per heavy atom. The molecule has 2 atom stereocenters. The number of carbonyl (C=O) groups excluding carboxylic acids is 3. The zero-order valence-electron chi connectivity index (χ0n) is 24.2. The predicted octanol–water partition coefficient (Wildman–Crippen LogP) is 0.0840. The van der Waals surface area contributed by atoms with Crippen LogP contribution in [0.25, 0.3) is 0 Å². The van der Waals surface area contributed by atoms with Crippen LogP contribution < -0.4 is 15.6 Å². The summed E-state index contributed by atoms with van der Waals surface area (Å²) in [6.07, 6.45) is 7.13. The number of thioether (sulfide) groups is 1. The number of thiazole rings is 1. The summed E-state index contributed by atoms with van der Waals surface area (Å²) >= 11 is 2.48. The molecule has 1 saturated carbocycles. The van der Waals surface area contributed by atoms with Crippen molar-refractivity contribution in [1.82, 2.24) is 15.2 Å². The molecule has 2 aliphatic heterocycles. The van der Waals surface area contributed by atoms with E-state index in [-0.39, 0.29) is 58.8 Å². The van der Waals surface area contributed by atoms with Gasteiger partial charge in [-0.05, 0) is 25.7 Å². The highest BCUT2D eigenvalue weighted by atomic mass is 32.3. The number of carboxylic acids is 1. The van der Waals surface area contributed by atoms with Gasteiger partial charge in [-0.1, -0.05) is 5.16 Å². The molecule has 2 aromatic heterocycles. The van der Waals surface area contributed by atoms with Crippen molar-refractivity contribution in [3.63, 3.8) is 0 Å². The molecule has 0 unspecified atom stereocenters. The fraction of sp³-hybridized carbons (Fsp3) is 0.423. The molecule has 20 heteroatoms. The van der Waals surface area contributed by atoms with Crippen molar-refractivity contribution in [3.8, 4) is 0 Å². The smallest absolute Gasteiger partial charge is 0.356 e. The quantitative estimate of drug-likeness (QED) is 0.0461. The lowest BCUT2D eigenvalue weighted by Crippen LogP contribution is -2.73. The number of anilines is 1. The molecule has 1 aliphatic carbocycles. The summed E-state index contributed by atoms with van der Waals surface area (Å²) in [6.45, 7) is 1.77. The molecule has 17 nitrogen and oxygen atoms in total. The molecule has 2 aromatic rings. The number of β-lactam (4-membered cyclic amide) rings is 1. The van der Waals surface area contributed by atoms with Gasteiger partial charge >= 0.3 is 5.97 Å². The van der Waals surface area contributed by atoms with Gasteiger partial charge in [-0.2, -0.15) is 4.57 Å². The molecule has 0 spiro atoms. The third kappa shape index (κ3) is 9.22. The van der Waals surface area contributed by atoms with Gasteiger partial charge in [-0.15, -0.1) is 23.1 Å². The van der Waals surface area contributed by atoms with E-state index in [2.05, 4.69) is 15.5 Å². The third-order valence-corrected chi connectivity index (χ3v) is 8.54. The number of carboxylic acid groups (broad SMARTS) is 1. The normalized spacial score (nSPS) is 19.8. The van der Waals surface area contributed by atoms with E-state index in [4.69, 9.17) is 32.8 Å². The number of ketones is 1. The molecule has 5 N–H and O–H groups in total. The molecule has 3 aliphatic rings. The molecule has 46 heavy (non-hydrogen) atoms. The van der Waals surface area contributed by atoms with E-state index >= 15 is 0 Å². The standard InChI is InChI=1S/C26H28N6O7S2.H2O4S/c1-14(33)10-31-8-6-16(7-9-31)40-13-19-22(25(36)37)32-18(11-38-19)21(24(32)35)29-23(34)20(17-12-41-26(27)28-17)30-39-15-4-2-3-5-15;1-5(2,3)4/h6-9,12,15,18,21H,2-5,10-11,13H2,1H3,(H3-,27,28,29,34,36,37);(H2,1,2,3,4)/b30-20-;/t18-,21+;/m1./s1. The fourth-order valence-electron chi connectivity index (χ4n) is 4.85. The average molecular weight is 699 g/mol. The van der Waals surface area contributed by atoms with E-state index in [1.807, 2.05) is 12.1 Å². The summed E-state index contributed by atoms with van der Waals surface area (Å²) in [5.41, 5.74) is 5.62. The highest BCUT2D eigenvalue weighted by Crippen LogP contribution is 2.35. The lowest BCUT2D eigenvalue weighted by Gasteiger charge is -2.49. The van der Waals surface area contributed by atoms with E-state index in [1.165, 1.54) is 18.7 Å². The van der Waals surface area contributed by atoms with Gasteiger partial charge in [-0.3, -0.25) is 23.8 Å². The number of Topliss-reactive ketones (excluding diaryl/α,β-unsaturated/α-hetero) is 1. The number of oxime groups is 1. The highest BCUT2D eigenvalue weighted by molar-refractivity contribution is 7.99. The van der Waals surface area contributed by atoms with Gasteiger partial charge in [0, 0.05) is 29.3 Å². The second-order valence-electron chi connectivity index (χ2n) is 10.3. The summed E-state index contributed by atoms with van der Waals surface area (Å²) in [7, 11) is -4.92. The van der Waals surface area contributed by atoms with Crippen LogP contribution in [0.1, 0.15) is 38.3 Å². The summed E-state index contributed by atoms with van der Waals surface area (Å²) in [5, 5.41) is 18.5. The van der Waals surface area contributed by atoms with E-state index in [1.54, 1.807) is 22.3 Å². The van der Waals surface area contributed by atoms with Gasteiger partial charge in [0.05, 0.1) is 5.75 Å². The van der Waals surface area contributed by atoms with E-state index in [0.717, 1.165) is 46.8 Å². The first-order valence-corrected chi connectivity index (χ1v) is 16.9. The fourth-order valence-corrected chi connectivity index (χ4v) is 6.23. The minimum atomic E-state index is -4.92. The second-order valence-corrected chi connectivity index (χ2v) is 13.1. The number of aromatic nitrogens is 2. The van der Waals surface area contributed by atoms with Crippen molar-refractivity contribution >= 4 is 67.9 Å².